The van der Waals surface area contributed by atoms with Gasteiger partial charge < -0.3 is 28.7 Å². The third kappa shape index (κ3) is 5.90. The van der Waals surface area contributed by atoms with Gasteiger partial charge in [-0.2, -0.15) is 0 Å². The van der Waals surface area contributed by atoms with Crippen molar-refractivity contribution in [2.75, 3.05) is 9.80 Å². The van der Waals surface area contributed by atoms with Gasteiger partial charge in [-0.1, -0.05) is 152 Å². The van der Waals surface area contributed by atoms with Gasteiger partial charge in [0.2, 0.25) is 0 Å². The Morgan fingerprint density at radius 1 is 0.314 bits per heavy atom. The van der Waals surface area contributed by atoms with E-state index in [0.717, 1.165) is 112 Å². The lowest BCUT2D eigenvalue weighted by atomic mass is 9.31. The molecule has 0 spiro atoms. The van der Waals surface area contributed by atoms with E-state index in [-0.39, 0.29) is 13.4 Å². The van der Waals surface area contributed by atoms with E-state index >= 15 is 0 Å². The molecule has 0 unspecified atom stereocenters. The summed E-state index contributed by atoms with van der Waals surface area (Å²) in [5, 5.41) is 4.32. The number of anilines is 6. The normalized spacial score (nSPS) is 13.3. The summed E-state index contributed by atoms with van der Waals surface area (Å²) in [6.45, 7) is -0.307. The van der Waals surface area contributed by atoms with Crippen LogP contribution in [0.1, 0.15) is 0 Å². The van der Waals surface area contributed by atoms with Gasteiger partial charge in [-0.05, 0) is 98.1 Å². The Balaban J connectivity index is 0.995. The van der Waals surface area contributed by atoms with Crippen LogP contribution in [0.3, 0.4) is 0 Å². The highest BCUT2D eigenvalue weighted by Crippen LogP contribution is 2.48. The van der Waals surface area contributed by atoms with Crippen molar-refractivity contribution < 1.29 is 18.9 Å². The minimum absolute atomic E-state index is 0.153. The molecule has 6 nitrogen and oxygen atoms in total. The Morgan fingerprint density at radius 3 is 1.21 bits per heavy atom. The van der Waals surface area contributed by atoms with Crippen LogP contribution in [-0.4, -0.2) is 13.4 Å². The molecule has 4 aliphatic heterocycles. The minimum atomic E-state index is -0.153. The molecule has 15 rings (SSSR count). The van der Waals surface area contributed by atoms with E-state index in [4.69, 9.17) is 18.9 Å². The average molecular weight is 897 g/mol. The highest BCUT2D eigenvalue weighted by molar-refractivity contribution is 7.02. The Bertz CT molecular complexity index is 3690. The number of fused-ring (bicyclic) bond motifs is 10. The maximum absolute atomic E-state index is 6.97. The summed E-state index contributed by atoms with van der Waals surface area (Å²) in [7, 11) is 0. The molecule has 11 aromatic rings. The monoisotopic (exact) mass is 896 g/mol. The van der Waals surface area contributed by atoms with E-state index in [1.54, 1.807) is 0 Å². The van der Waals surface area contributed by atoms with Crippen LogP contribution in [-0.2, 0) is 0 Å². The summed E-state index contributed by atoms with van der Waals surface area (Å²) in [6, 6.07) is 80.9. The van der Waals surface area contributed by atoms with Crippen molar-refractivity contribution >= 4 is 102 Å². The maximum Gasteiger partial charge on any atom is 0.256 e. The van der Waals surface area contributed by atoms with E-state index in [2.05, 4.69) is 216 Å². The van der Waals surface area contributed by atoms with Crippen molar-refractivity contribution in [1.82, 2.24) is 0 Å². The lowest BCUT2D eigenvalue weighted by molar-refractivity contribution is 0.465. The first-order valence-corrected chi connectivity index (χ1v) is 23.8. The highest BCUT2D eigenvalue weighted by atomic mass is 16.5. The SMILES string of the molecule is c1ccc(N2c3cc4c(cc3B3c5ccccc5Oc5cc(Oc6cccc7ccccc67)cc2c53)B2c3ccccc3Oc3cc(Oc5cccc6ccccc56)cc(c32)N4c2ccccc2)cc1. The van der Waals surface area contributed by atoms with Crippen LogP contribution in [0.4, 0.5) is 34.1 Å². The fraction of sp³-hybridized carbons (Fsp3) is 0. The van der Waals surface area contributed by atoms with Crippen molar-refractivity contribution in [2.45, 2.75) is 0 Å². The van der Waals surface area contributed by atoms with Gasteiger partial charge in [0.05, 0.1) is 0 Å². The summed E-state index contributed by atoms with van der Waals surface area (Å²) >= 11 is 0. The van der Waals surface area contributed by atoms with Crippen LogP contribution in [0.5, 0.6) is 46.0 Å². The van der Waals surface area contributed by atoms with Gasteiger partial charge in [0.15, 0.2) is 0 Å². The lowest BCUT2D eigenvalue weighted by Gasteiger charge is -2.44. The number of ether oxygens (including phenoxy) is 4. The molecule has 0 aromatic heterocycles. The summed E-state index contributed by atoms with van der Waals surface area (Å²) in [5.41, 5.74) is 13.0. The first-order chi connectivity index (χ1) is 34.7. The molecule has 326 valence electrons. The summed E-state index contributed by atoms with van der Waals surface area (Å²) in [4.78, 5) is 4.81. The van der Waals surface area contributed by atoms with E-state index in [9.17, 15) is 0 Å². The van der Waals surface area contributed by atoms with Gasteiger partial charge in [-0.3, -0.25) is 0 Å². The van der Waals surface area contributed by atoms with Crippen molar-refractivity contribution in [3.8, 4) is 46.0 Å². The van der Waals surface area contributed by atoms with Crippen molar-refractivity contribution in [1.29, 1.82) is 0 Å². The molecule has 0 saturated heterocycles. The van der Waals surface area contributed by atoms with Gasteiger partial charge in [0.1, 0.15) is 46.0 Å². The molecule has 4 heterocycles. The fourth-order valence-corrected chi connectivity index (χ4v) is 11.5. The molecule has 0 aliphatic carbocycles. The molecular weight excluding hydrogens is 858 g/mol. The van der Waals surface area contributed by atoms with Crippen LogP contribution in [0.2, 0.25) is 0 Å². The van der Waals surface area contributed by atoms with Crippen molar-refractivity contribution in [3.63, 3.8) is 0 Å². The Hall–Kier alpha value is -9.13. The second kappa shape index (κ2) is 15.2. The zero-order valence-corrected chi connectivity index (χ0v) is 37.6. The second-order valence-electron chi connectivity index (χ2n) is 18.3. The first kappa shape index (κ1) is 38.9. The summed E-state index contributed by atoms with van der Waals surface area (Å²) in [6.07, 6.45) is 0. The van der Waals surface area contributed by atoms with E-state index in [1.807, 2.05) is 24.3 Å². The Kier molecular flexibility index (Phi) is 8.45. The smallest absolute Gasteiger partial charge is 0.256 e. The largest absolute Gasteiger partial charge is 0.458 e. The molecule has 0 bridgehead atoms. The van der Waals surface area contributed by atoms with Crippen LogP contribution in [0.15, 0.2) is 231 Å². The molecule has 0 atom stereocenters. The van der Waals surface area contributed by atoms with E-state index in [1.165, 1.54) is 10.9 Å². The van der Waals surface area contributed by atoms with Gasteiger partial charge in [0.25, 0.3) is 13.4 Å². The van der Waals surface area contributed by atoms with E-state index < -0.39 is 0 Å². The standard InChI is InChI=1S/C62H38B2N2O4/c1-3-21-41(22-4-1)65-51-38-52-50(37-49(51)63-47-27-11-13-29-57(47)69-59-35-43(33-53(65)61(59)63)67-55-31-15-19-39-17-7-9-25-45(39)55)64-48-28-12-14-30-58(48)70-60-36-44(68-56-32-16-20-40-18-8-10-26-46(40)56)34-54(62(60)64)66(52)42-23-5-2-6-24-42/h1-38H. The number of hydrogen-bond donors (Lipinski definition) is 0. The molecule has 70 heavy (non-hydrogen) atoms. The van der Waals surface area contributed by atoms with Crippen LogP contribution in [0, 0.1) is 0 Å². The Labute approximate surface area is 405 Å². The molecule has 0 saturated carbocycles. The zero-order chi connectivity index (χ0) is 45.9. The lowest BCUT2D eigenvalue weighted by Crippen LogP contribution is -2.63. The minimum Gasteiger partial charge on any atom is -0.458 e. The topological polar surface area (TPSA) is 43.4 Å². The van der Waals surface area contributed by atoms with Crippen molar-refractivity contribution in [3.05, 3.63) is 231 Å². The summed E-state index contributed by atoms with van der Waals surface area (Å²) in [5.74, 6) is 6.16. The average Bonchev–Trinajstić information content (AvgIpc) is 3.41. The fourth-order valence-electron chi connectivity index (χ4n) is 11.5. The molecule has 0 radical (unpaired) electrons. The molecule has 11 aromatic carbocycles. The molecule has 0 fully saturated rings. The van der Waals surface area contributed by atoms with Crippen LogP contribution in [0.25, 0.3) is 21.5 Å². The first-order valence-electron chi connectivity index (χ1n) is 23.8. The molecule has 8 heteroatoms. The Morgan fingerprint density at radius 2 is 0.729 bits per heavy atom. The van der Waals surface area contributed by atoms with Crippen molar-refractivity contribution in [2.24, 2.45) is 0 Å². The number of rotatable bonds is 6. The number of para-hydroxylation sites is 4. The number of benzene rings is 11. The number of hydrogen-bond acceptors (Lipinski definition) is 6. The molecular formula is C62H38B2N2O4. The predicted octanol–water partition coefficient (Wildman–Crippen LogP) is 12.4. The van der Waals surface area contributed by atoms with Gasteiger partial charge in [-0.25, -0.2) is 0 Å². The molecule has 0 amide bonds. The predicted molar refractivity (Wildman–Crippen MR) is 286 cm³/mol. The maximum atomic E-state index is 6.97. The molecule has 4 aliphatic rings. The third-order valence-electron chi connectivity index (χ3n) is 14.4. The number of nitrogens with zero attached hydrogens (tertiary/aromatic N) is 2. The van der Waals surface area contributed by atoms with Gasteiger partial charge in [-0.15, -0.1) is 0 Å². The summed E-state index contributed by atoms with van der Waals surface area (Å²) < 4.78 is 27.8. The third-order valence-corrected chi connectivity index (χ3v) is 14.4. The van der Waals surface area contributed by atoms with Gasteiger partial charge in [0, 0.05) is 69.2 Å². The van der Waals surface area contributed by atoms with Crippen LogP contribution >= 0.6 is 0 Å². The highest BCUT2D eigenvalue weighted by Gasteiger charge is 2.47. The van der Waals surface area contributed by atoms with E-state index in [0.29, 0.717) is 11.5 Å². The van der Waals surface area contributed by atoms with Crippen LogP contribution < -0.4 is 61.5 Å². The van der Waals surface area contributed by atoms with Gasteiger partial charge >= 0.3 is 0 Å². The molecule has 0 N–H and O–H groups in total. The second-order valence-corrected chi connectivity index (χ2v) is 18.3. The quantitative estimate of drug-likeness (QED) is 0.155. The zero-order valence-electron chi connectivity index (χ0n) is 37.6.